The summed E-state index contributed by atoms with van der Waals surface area (Å²) >= 11 is 1.53. The largest absolute Gasteiger partial charge is 0.357 e. The molecule has 1 amide bonds. The molecule has 1 aliphatic rings. The van der Waals surface area contributed by atoms with Gasteiger partial charge >= 0.3 is 0 Å². The molecule has 2 heterocycles. The minimum absolute atomic E-state index is 0.204. The second-order valence-electron chi connectivity index (χ2n) is 5.37. The minimum atomic E-state index is -0.246. The maximum Gasteiger partial charge on any atom is 0.222 e. The molecule has 4 nitrogen and oxygen atoms in total. The number of nitrogens with zero attached hydrogens (tertiary/aromatic N) is 2. The molecule has 0 saturated carbocycles. The summed E-state index contributed by atoms with van der Waals surface area (Å²) in [5, 5.41) is 6.19. The van der Waals surface area contributed by atoms with E-state index in [1.54, 1.807) is 12.1 Å². The number of rotatable bonds is 4. The lowest BCUT2D eigenvalue weighted by molar-refractivity contribution is -0.129. The summed E-state index contributed by atoms with van der Waals surface area (Å²) in [6, 6.07) is 6.58. The van der Waals surface area contributed by atoms with E-state index in [0.29, 0.717) is 6.42 Å². The normalized spacial score (nSPS) is 17.7. The van der Waals surface area contributed by atoms with Crippen LogP contribution >= 0.6 is 11.3 Å². The molecule has 1 fully saturated rings. The van der Waals surface area contributed by atoms with Crippen molar-refractivity contribution in [1.29, 1.82) is 0 Å². The number of carbonyl (C=O) groups excluding carboxylic acids is 1. The highest BCUT2D eigenvalue weighted by Crippen LogP contribution is 2.26. The van der Waals surface area contributed by atoms with Gasteiger partial charge in [0.25, 0.3) is 0 Å². The first kappa shape index (κ1) is 15.0. The Morgan fingerprint density at radius 1 is 1.45 bits per heavy atom. The molecule has 2 aromatic rings. The van der Waals surface area contributed by atoms with Gasteiger partial charge in [-0.2, -0.15) is 0 Å². The van der Waals surface area contributed by atoms with Gasteiger partial charge in [0.15, 0.2) is 5.13 Å². The van der Waals surface area contributed by atoms with Crippen LogP contribution in [-0.4, -0.2) is 34.9 Å². The van der Waals surface area contributed by atoms with Crippen LogP contribution in [0.25, 0.3) is 11.3 Å². The molecule has 1 atom stereocenters. The van der Waals surface area contributed by atoms with Crippen LogP contribution in [0.1, 0.15) is 19.8 Å². The van der Waals surface area contributed by atoms with Gasteiger partial charge in [0.05, 0.1) is 5.69 Å². The lowest BCUT2D eigenvalue weighted by Gasteiger charge is -2.15. The fourth-order valence-corrected chi connectivity index (χ4v) is 3.39. The average molecular weight is 319 g/mol. The van der Waals surface area contributed by atoms with Gasteiger partial charge in [-0.05, 0) is 30.7 Å². The predicted molar refractivity (Wildman–Crippen MR) is 86.4 cm³/mol. The van der Waals surface area contributed by atoms with E-state index in [9.17, 15) is 9.18 Å². The number of hydrogen-bond donors (Lipinski definition) is 1. The van der Waals surface area contributed by atoms with E-state index in [4.69, 9.17) is 0 Å². The fraction of sp³-hybridized carbons (Fsp3) is 0.375. The van der Waals surface area contributed by atoms with Crippen LogP contribution in [0.4, 0.5) is 9.52 Å². The van der Waals surface area contributed by atoms with Gasteiger partial charge in [-0.25, -0.2) is 9.37 Å². The van der Waals surface area contributed by atoms with Crippen LogP contribution in [0.3, 0.4) is 0 Å². The SMILES string of the molecule is CCC(=O)N1CCC(Nc2nc(-c3ccc(F)cc3)cs2)C1. The summed E-state index contributed by atoms with van der Waals surface area (Å²) in [7, 11) is 0. The van der Waals surface area contributed by atoms with Crippen molar-refractivity contribution >= 4 is 22.4 Å². The van der Waals surface area contributed by atoms with Gasteiger partial charge in [0.1, 0.15) is 5.82 Å². The van der Waals surface area contributed by atoms with Crippen molar-refractivity contribution in [2.24, 2.45) is 0 Å². The van der Waals surface area contributed by atoms with E-state index >= 15 is 0 Å². The van der Waals surface area contributed by atoms with E-state index < -0.39 is 0 Å². The van der Waals surface area contributed by atoms with Crippen molar-refractivity contribution in [1.82, 2.24) is 9.88 Å². The van der Waals surface area contributed by atoms with E-state index in [1.165, 1.54) is 23.5 Å². The maximum atomic E-state index is 12.9. The van der Waals surface area contributed by atoms with E-state index in [0.717, 1.165) is 35.9 Å². The molecule has 1 aromatic heterocycles. The monoisotopic (exact) mass is 319 g/mol. The molecule has 1 aromatic carbocycles. The zero-order chi connectivity index (χ0) is 15.5. The third kappa shape index (κ3) is 3.27. The number of amides is 1. The van der Waals surface area contributed by atoms with Gasteiger partial charge < -0.3 is 10.2 Å². The smallest absolute Gasteiger partial charge is 0.222 e. The third-order valence-corrected chi connectivity index (χ3v) is 4.59. The van der Waals surface area contributed by atoms with E-state index in [-0.39, 0.29) is 17.8 Å². The molecule has 1 unspecified atom stereocenters. The number of aromatic nitrogens is 1. The first-order valence-electron chi connectivity index (χ1n) is 7.41. The summed E-state index contributed by atoms with van der Waals surface area (Å²) in [5.74, 6) is -0.0422. The van der Waals surface area contributed by atoms with Crippen LogP contribution in [0.15, 0.2) is 29.6 Å². The first-order chi connectivity index (χ1) is 10.7. The number of likely N-dealkylation sites (tertiary alicyclic amines) is 1. The highest BCUT2D eigenvalue weighted by molar-refractivity contribution is 7.14. The van der Waals surface area contributed by atoms with E-state index in [1.807, 2.05) is 17.2 Å². The highest BCUT2D eigenvalue weighted by atomic mass is 32.1. The van der Waals surface area contributed by atoms with Crippen molar-refractivity contribution in [3.05, 3.63) is 35.5 Å². The van der Waals surface area contributed by atoms with Crippen LogP contribution in [0, 0.1) is 5.82 Å². The molecule has 0 aliphatic carbocycles. The third-order valence-electron chi connectivity index (χ3n) is 3.82. The molecular weight excluding hydrogens is 301 g/mol. The topological polar surface area (TPSA) is 45.2 Å². The molecule has 1 aliphatic heterocycles. The Morgan fingerprint density at radius 2 is 2.23 bits per heavy atom. The van der Waals surface area contributed by atoms with Crippen LogP contribution in [0.2, 0.25) is 0 Å². The zero-order valence-corrected chi connectivity index (χ0v) is 13.2. The minimum Gasteiger partial charge on any atom is -0.357 e. The number of hydrogen-bond acceptors (Lipinski definition) is 4. The molecule has 3 rings (SSSR count). The summed E-state index contributed by atoms with van der Waals surface area (Å²) < 4.78 is 12.9. The number of anilines is 1. The van der Waals surface area contributed by atoms with Gasteiger partial charge in [0, 0.05) is 36.5 Å². The Kier molecular flexibility index (Phi) is 4.38. The quantitative estimate of drug-likeness (QED) is 0.940. The lowest BCUT2D eigenvalue weighted by atomic mass is 10.2. The number of halogens is 1. The second kappa shape index (κ2) is 6.44. The molecule has 1 saturated heterocycles. The molecule has 22 heavy (non-hydrogen) atoms. The van der Waals surface area contributed by atoms with Crippen molar-refractivity contribution < 1.29 is 9.18 Å². The first-order valence-corrected chi connectivity index (χ1v) is 8.29. The Morgan fingerprint density at radius 3 is 2.95 bits per heavy atom. The van der Waals surface area contributed by atoms with Crippen molar-refractivity contribution in [2.75, 3.05) is 18.4 Å². The van der Waals surface area contributed by atoms with Crippen molar-refractivity contribution in [2.45, 2.75) is 25.8 Å². The second-order valence-corrected chi connectivity index (χ2v) is 6.23. The molecule has 0 radical (unpaired) electrons. The van der Waals surface area contributed by atoms with Crippen molar-refractivity contribution in [3.63, 3.8) is 0 Å². The van der Waals surface area contributed by atoms with Gasteiger partial charge in [0.2, 0.25) is 5.91 Å². The summed E-state index contributed by atoms with van der Waals surface area (Å²) in [6.07, 6.45) is 1.50. The molecule has 6 heteroatoms. The van der Waals surface area contributed by atoms with Crippen LogP contribution in [0.5, 0.6) is 0 Å². The summed E-state index contributed by atoms with van der Waals surface area (Å²) in [5.41, 5.74) is 1.74. The number of nitrogens with one attached hydrogen (secondary N) is 1. The zero-order valence-electron chi connectivity index (χ0n) is 12.4. The van der Waals surface area contributed by atoms with Crippen molar-refractivity contribution in [3.8, 4) is 11.3 Å². The van der Waals surface area contributed by atoms with Crippen LogP contribution in [-0.2, 0) is 4.79 Å². The van der Waals surface area contributed by atoms with E-state index in [2.05, 4.69) is 10.3 Å². The Hall–Kier alpha value is -1.95. The maximum absolute atomic E-state index is 12.9. The standard InChI is InChI=1S/C16H18FN3OS/c1-2-15(21)20-8-7-13(9-20)18-16-19-14(10-22-16)11-3-5-12(17)6-4-11/h3-6,10,13H,2,7-9H2,1H3,(H,18,19). The number of benzene rings is 1. The van der Waals surface area contributed by atoms with Gasteiger partial charge in [-0.1, -0.05) is 6.92 Å². The Bertz CT molecular complexity index is 656. The fourth-order valence-electron chi connectivity index (χ4n) is 2.60. The van der Waals surface area contributed by atoms with Gasteiger partial charge in [-0.15, -0.1) is 11.3 Å². The average Bonchev–Trinajstić information content (AvgIpc) is 3.17. The molecular formula is C16H18FN3OS. The van der Waals surface area contributed by atoms with Crippen LogP contribution < -0.4 is 5.32 Å². The molecule has 116 valence electrons. The summed E-state index contributed by atoms with van der Waals surface area (Å²) in [6.45, 7) is 3.43. The molecule has 1 N–H and O–H groups in total. The Balaban J connectivity index is 1.63. The number of thiazole rings is 1. The highest BCUT2D eigenvalue weighted by Gasteiger charge is 2.25. The summed E-state index contributed by atoms with van der Waals surface area (Å²) in [4.78, 5) is 18.1. The molecule has 0 bridgehead atoms. The van der Waals surface area contributed by atoms with Gasteiger partial charge in [-0.3, -0.25) is 4.79 Å². The Labute approximate surface area is 133 Å². The lowest BCUT2D eigenvalue weighted by Crippen LogP contribution is -2.30. The number of carbonyl (C=O) groups is 1. The molecule has 0 spiro atoms. The predicted octanol–water partition coefficient (Wildman–Crippen LogP) is 3.37.